The Morgan fingerprint density at radius 1 is 0.882 bits per heavy atom. The molecule has 0 radical (unpaired) electrons. The molecule has 104 valence electrons. The molecule has 0 aromatic carbocycles. The van der Waals surface area contributed by atoms with E-state index in [1.54, 1.807) is 0 Å². The van der Waals surface area contributed by atoms with E-state index in [1.807, 2.05) is 0 Å². The summed E-state index contributed by atoms with van der Waals surface area (Å²) in [6.45, 7) is 19.3. The van der Waals surface area contributed by atoms with Gasteiger partial charge in [0.25, 0.3) is 0 Å². The first kappa shape index (κ1) is 17.0. The molecule has 0 nitrogen and oxygen atoms in total. The molecule has 0 amide bonds. The standard InChI is InChI=1S/C17H36/c1-9-14(5)12-17(7,8)16(11-13(3)4)15(6)10-2/h13-16H,9-12H2,1-8H3. The van der Waals surface area contributed by atoms with Gasteiger partial charge < -0.3 is 0 Å². The lowest BCUT2D eigenvalue weighted by molar-refractivity contribution is 0.0909. The summed E-state index contributed by atoms with van der Waals surface area (Å²) < 4.78 is 0. The number of rotatable bonds is 8. The van der Waals surface area contributed by atoms with Crippen LogP contribution in [-0.4, -0.2) is 0 Å². The zero-order chi connectivity index (χ0) is 13.6. The van der Waals surface area contributed by atoms with Crippen molar-refractivity contribution in [2.24, 2.45) is 29.1 Å². The van der Waals surface area contributed by atoms with Gasteiger partial charge in [-0.25, -0.2) is 0 Å². The van der Waals surface area contributed by atoms with Crippen molar-refractivity contribution in [3.63, 3.8) is 0 Å². The van der Waals surface area contributed by atoms with Crippen LogP contribution in [0.4, 0.5) is 0 Å². The Hall–Kier alpha value is 0. The first-order valence-electron chi connectivity index (χ1n) is 7.74. The summed E-state index contributed by atoms with van der Waals surface area (Å²) in [4.78, 5) is 0. The van der Waals surface area contributed by atoms with Gasteiger partial charge in [0.05, 0.1) is 0 Å². The first-order chi connectivity index (χ1) is 7.74. The molecule has 0 bridgehead atoms. The van der Waals surface area contributed by atoms with Crippen molar-refractivity contribution in [2.45, 2.75) is 81.1 Å². The van der Waals surface area contributed by atoms with Crippen LogP contribution in [0.25, 0.3) is 0 Å². The van der Waals surface area contributed by atoms with Crippen LogP contribution in [0.3, 0.4) is 0 Å². The van der Waals surface area contributed by atoms with Crippen molar-refractivity contribution in [3.8, 4) is 0 Å². The fourth-order valence-electron chi connectivity index (χ4n) is 3.31. The lowest BCUT2D eigenvalue weighted by Gasteiger charge is -2.41. The summed E-state index contributed by atoms with van der Waals surface area (Å²) in [5, 5.41) is 0. The molecular formula is C17H36. The lowest BCUT2D eigenvalue weighted by atomic mass is 9.65. The van der Waals surface area contributed by atoms with Crippen molar-refractivity contribution in [1.29, 1.82) is 0 Å². The van der Waals surface area contributed by atoms with Gasteiger partial charge in [-0.15, -0.1) is 0 Å². The fourth-order valence-corrected chi connectivity index (χ4v) is 3.31. The third-order valence-corrected chi connectivity index (χ3v) is 4.63. The van der Waals surface area contributed by atoms with Gasteiger partial charge in [-0.05, 0) is 41.9 Å². The molecule has 3 atom stereocenters. The second kappa shape index (κ2) is 7.44. The van der Waals surface area contributed by atoms with Gasteiger partial charge in [-0.2, -0.15) is 0 Å². The summed E-state index contributed by atoms with van der Waals surface area (Å²) >= 11 is 0. The second-order valence-electron chi connectivity index (χ2n) is 7.33. The van der Waals surface area contributed by atoms with Gasteiger partial charge >= 0.3 is 0 Å². The normalized spacial score (nSPS) is 18.2. The van der Waals surface area contributed by atoms with Gasteiger partial charge in [-0.1, -0.05) is 68.2 Å². The fraction of sp³-hybridized carbons (Fsp3) is 1.00. The lowest BCUT2D eigenvalue weighted by Crippen LogP contribution is -2.32. The molecule has 17 heavy (non-hydrogen) atoms. The molecule has 0 aliphatic heterocycles. The third-order valence-electron chi connectivity index (χ3n) is 4.63. The number of hydrogen-bond donors (Lipinski definition) is 0. The molecule has 0 heteroatoms. The Morgan fingerprint density at radius 2 is 1.41 bits per heavy atom. The molecule has 0 aromatic heterocycles. The van der Waals surface area contributed by atoms with E-state index in [0.717, 1.165) is 23.7 Å². The Morgan fingerprint density at radius 3 is 1.76 bits per heavy atom. The number of hydrogen-bond acceptors (Lipinski definition) is 0. The molecule has 0 saturated carbocycles. The molecule has 0 saturated heterocycles. The highest BCUT2D eigenvalue weighted by atomic mass is 14.4. The van der Waals surface area contributed by atoms with Gasteiger partial charge in [-0.3, -0.25) is 0 Å². The zero-order valence-corrected chi connectivity index (χ0v) is 13.6. The van der Waals surface area contributed by atoms with Crippen LogP contribution < -0.4 is 0 Å². The summed E-state index contributed by atoms with van der Waals surface area (Å²) in [7, 11) is 0. The predicted octanol–water partition coefficient (Wildman–Crippen LogP) is 6.16. The van der Waals surface area contributed by atoms with E-state index in [-0.39, 0.29) is 0 Å². The van der Waals surface area contributed by atoms with Crippen LogP contribution in [0.5, 0.6) is 0 Å². The summed E-state index contributed by atoms with van der Waals surface area (Å²) in [6.07, 6.45) is 5.41. The van der Waals surface area contributed by atoms with E-state index in [0.29, 0.717) is 5.41 Å². The smallest absolute Gasteiger partial charge is 0.0321 e. The van der Waals surface area contributed by atoms with Crippen LogP contribution in [0.1, 0.15) is 81.1 Å². The minimum Gasteiger partial charge on any atom is -0.0651 e. The summed E-state index contributed by atoms with van der Waals surface area (Å²) in [5.74, 6) is 3.42. The van der Waals surface area contributed by atoms with Gasteiger partial charge in [0.2, 0.25) is 0 Å². The molecule has 0 aliphatic carbocycles. The maximum Gasteiger partial charge on any atom is -0.0321 e. The van der Waals surface area contributed by atoms with E-state index in [4.69, 9.17) is 0 Å². The quantitative estimate of drug-likeness (QED) is 0.477. The van der Waals surface area contributed by atoms with Crippen LogP contribution in [-0.2, 0) is 0 Å². The molecular weight excluding hydrogens is 204 g/mol. The monoisotopic (exact) mass is 240 g/mol. The van der Waals surface area contributed by atoms with Gasteiger partial charge in [0.1, 0.15) is 0 Å². The largest absolute Gasteiger partial charge is 0.0651 e. The molecule has 0 rings (SSSR count). The molecule has 0 heterocycles. The predicted molar refractivity (Wildman–Crippen MR) is 80.3 cm³/mol. The van der Waals surface area contributed by atoms with E-state index >= 15 is 0 Å². The zero-order valence-electron chi connectivity index (χ0n) is 13.6. The maximum atomic E-state index is 2.50. The second-order valence-corrected chi connectivity index (χ2v) is 7.33. The highest BCUT2D eigenvalue weighted by Crippen LogP contribution is 2.43. The molecule has 0 fully saturated rings. The van der Waals surface area contributed by atoms with Crippen molar-refractivity contribution in [1.82, 2.24) is 0 Å². The summed E-state index contributed by atoms with van der Waals surface area (Å²) in [5.41, 5.74) is 0.495. The van der Waals surface area contributed by atoms with Crippen molar-refractivity contribution >= 4 is 0 Å². The van der Waals surface area contributed by atoms with Crippen LogP contribution in [0.15, 0.2) is 0 Å². The topological polar surface area (TPSA) is 0 Å². The van der Waals surface area contributed by atoms with Crippen molar-refractivity contribution in [2.75, 3.05) is 0 Å². The molecule has 3 unspecified atom stereocenters. The third kappa shape index (κ3) is 5.93. The van der Waals surface area contributed by atoms with Crippen LogP contribution in [0.2, 0.25) is 0 Å². The van der Waals surface area contributed by atoms with E-state index in [1.165, 1.54) is 25.7 Å². The van der Waals surface area contributed by atoms with Gasteiger partial charge in [0, 0.05) is 0 Å². The Balaban J connectivity index is 4.74. The average Bonchev–Trinajstić information content (AvgIpc) is 2.23. The molecule has 0 spiro atoms. The highest BCUT2D eigenvalue weighted by Gasteiger charge is 2.33. The summed E-state index contributed by atoms with van der Waals surface area (Å²) in [6, 6.07) is 0. The van der Waals surface area contributed by atoms with Gasteiger partial charge in [0.15, 0.2) is 0 Å². The first-order valence-corrected chi connectivity index (χ1v) is 7.74. The maximum absolute atomic E-state index is 2.50. The average molecular weight is 240 g/mol. The van der Waals surface area contributed by atoms with Crippen molar-refractivity contribution < 1.29 is 0 Å². The highest BCUT2D eigenvalue weighted by molar-refractivity contribution is 4.83. The Bertz CT molecular complexity index is 190. The van der Waals surface area contributed by atoms with E-state index < -0.39 is 0 Å². The molecule has 0 aromatic rings. The Kier molecular flexibility index (Phi) is 7.44. The molecule has 0 N–H and O–H groups in total. The Labute approximate surface area is 111 Å². The van der Waals surface area contributed by atoms with E-state index in [2.05, 4.69) is 55.4 Å². The molecule has 0 aliphatic rings. The van der Waals surface area contributed by atoms with Crippen molar-refractivity contribution in [3.05, 3.63) is 0 Å². The van der Waals surface area contributed by atoms with E-state index in [9.17, 15) is 0 Å². The van der Waals surface area contributed by atoms with Crippen LogP contribution in [0, 0.1) is 29.1 Å². The SMILES string of the molecule is CCC(C)CC(C)(C)C(CC(C)C)C(C)CC. The minimum absolute atomic E-state index is 0.495. The van der Waals surface area contributed by atoms with Crippen LogP contribution >= 0.6 is 0 Å². The minimum atomic E-state index is 0.495.